The van der Waals surface area contributed by atoms with Crippen molar-refractivity contribution in [1.29, 1.82) is 0 Å². The topological polar surface area (TPSA) is 69.6 Å². The van der Waals surface area contributed by atoms with Crippen LogP contribution in [0.25, 0.3) is 0 Å². The van der Waals surface area contributed by atoms with E-state index in [-0.39, 0.29) is 11.8 Å². The minimum absolute atomic E-state index is 0.0901. The summed E-state index contributed by atoms with van der Waals surface area (Å²) in [5.74, 6) is 0.870. The number of nitrogens with zero attached hydrogens (tertiary/aromatic N) is 5. The Balaban J connectivity index is 1.23. The first kappa shape index (κ1) is 19.8. The zero-order valence-electron chi connectivity index (χ0n) is 16.4. The number of amides is 2. The number of piperazine rings is 1. The van der Waals surface area contributed by atoms with Crippen molar-refractivity contribution in [1.82, 2.24) is 19.8 Å². The minimum atomic E-state index is -0.160. The summed E-state index contributed by atoms with van der Waals surface area (Å²) in [7, 11) is 0. The van der Waals surface area contributed by atoms with Crippen LogP contribution >= 0.6 is 11.8 Å². The number of aromatic nitrogens is 2. The van der Waals surface area contributed by atoms with E-state index in [1.54, 1.807) is 12.4 Å². The van der Waals surface area contributed by atoms with Crippen LogP contribution < -0.4 is 4.90 Å². The van der Waals surface area contributed by atoms with Crippen LogP contribution in [0.5, 0.6) is 0 Å². The number of unbranched alkanes of at least 4 members (excludes halogenated alkanes) is 1. The summed E-state index contributed by atoms with van der Waals surface area (Å²) in [6.45, 7) is 5.26. The van der Waals surface area contributed by atoms with Gasteiger partial charge in [0.2, 0.25) is 11.9 Å². The number of thioether (sulfide) groups is 1. The third-order valence-electron chi connectivity index (χ3n) is 5.33. The molecule has 1 saturated heterocycles. The molecule has 2 aromatic rings. The lowest BCUT2D eigenvalue weighted by Crippen LogP contribution is -2.47. The third kappa shape index (κ3) is 4.76. The van der Waals surface area contributed by atoms with Crippen LogP contribution in [0.3, 0.4) is 0 Å². The highest BCUT2D eigenvalue weighted by Crippen LogP contribution is 2.27. The van der Waals surface area contributed by atoms with Crippen molar-refractivity contribution in [2.75, 3.05) is 49.9 Å². The van der Waals surface area contributed by atoms with Crippen LogP contribution in [0.1, 0.15) is 23.2 Å². The molecule has 29 heavy (non-hydrogen) atoms. The Morgan fingerprint density at radius 1 is 0.897 bits per heavy atom. The molecule has 0 radical (unpaired) electrons. The van der Waals surface area contributed by atoms with E-state index >= 15 is 0 Å². The summed E-state index contributed by atoms with van der Waals surface area (Å²) >= 11 is 1.45. The highest BCUT2D eigenvalue weighted by Gasteiger charge is 2.28. The second kappa shape index (κ2) is 9.37. The first-order valence-electron chi connectivity index (χ1n) is 10.0. The molecule has 0 atom stereocenters. The molecule has 0 aliphatic carbocycles. The molecule has 7 nitrogen and oxygen atoms in total. The van der Waals surface area contributed by atoms with Gasteiger partial charge >= 0.3 is 0 Å². The van der Waals surface area contributed by atoms with Gasteiger partial charge in [0.15, 0.2) is 0 Å². The summed E-state index contributed by atoms with van der Waals surface area (Å²) in [6, 6.07) is 9.31. The SMILES string of the molecule is O=C1CSc2ccccc2C(=O)N1CCCCN1CCN(c2ncccn2)CC1. The average Bonchev–Trinajstić information content (AvgIpc) is 2.89. The number of hydrogen-bond donors (Lipinski definition) is 0. The van der Waals surface area contributed by atoms with E-state index in [1.165, 1.54) is 16.7 Å². The molecule has 0 bridgehead atoms. The predicted molar refractivity (Wildman–Crippen MR) is 113 cm³/mol. The van der Waals surface area contributed by atoms with Crippen LogP contribution in [-0.4, -0.2) is 76.6 Å². The Kier molecular flexibility index (Phi) is 6.41. The normalized spacial score (nSPS) is 17.9. The van der Waals surface area contributed by atoms with E-state index in [1.807, 2.05) is 30.3 Å². The number of carbonyl (C=O) groups is 2. The fourth-order valence-electron chi connectivity index (χ4n) is 3.70. The molecule has 1 aromatic carbocycles. The first-order chi connectivity index (χ1) is 14.2. The summed E-state index contributed by atoms with van der Waals surface area (Å²) < 4.78 is 0. The standard InChI is InChI=1S/C21H25N5O2S/c27-19-16-29-18-7-2-1-6-17(18)20(28)26(19)11-4-3-10-24-12-14-25(15-13-24)21-22-8-5-9-23-21/h1-2,5-9H,3-4,10-16H2. The van der Waals surface area contributed by atoms with Gasteiger partial charge in [-0.3, -0.25) is 19.4 Å². The van der Waals surface area contributed by atoms with Gasteiger partial charge < -0.3 is 4.90 Å². The zero-order chi connectivity index (χ0) is 20.1. The predicted octanol–water partition coefficient (Wildman–Crippen LogP) is 2.15. The van der Waals surface area contributed by atoms with Gasteiger partial charge in [-0.1, -0.05) is 12.1 Å². The van der Waals surface area contributed by atoms with Gasteiger partial charge in [0.25, 0.3) is 5.91 Å². The van der Waals surface area contributed by atoms with Crippen molar-refractivity contribution in [2.24, 2.45) is 0 Å². The number of carbonyl (C=O) groups excluding carboxylic acids is 2. The Labute approximate surface area is 175 Å². The van der Waals surface area contributed by atoms with Gasteiger partial charge in [-0.2, -0.15) is 0 Å². The average molecular weight is 412 g/mol. The molecule has 152 valence electrons. The highest BCUT2D eigenvalue weighted by atomic mass is 32.2. The number of fused-ring (bicyclic) bond motifs is 1. The van der Waals surface area contributed by atoms with Crippen molar-refractivity contribution in [3.63, 3.8) is 0 Å². The molecule has 0 unspecified atom stereocenters. The summed E-state index contributed by atoms with van der Waals surface area (Å²) in [6.07, 6.45) is 5.34. The third-order valence-corrected chi connectivity index (χ3v) is 6.39. The lowest BCUT2D eigenvalue weighted by molar-refractivity contribution is -0.125. The first-order valence-corrected chi connectivity index (χ1v) is 11.0. The van der Waals surface area contributed by atoms with E-state index in [9.17, 15) is 9.59 Å². The van der Waals surface area contributed by atoms with Gasteiger partial charge in [-0.05, 0) is 37.6 Å². The monoisotopic (exact) mass is 411 g/mol. The molecule has 0 saturated carbocycles. The Hall–Kier alpha value is -2.45. The second-order valence-electron chi connectivity index (χ2n) is 7.22. The molecule has 2 aliphatic heterocycles. The lowest BCUT2D eigenvalue weighted by Gasteiger charge is -2.34. The second-order valence-corrected chi connectivity index (χ2v) is 8.24. The fraction of sp³-hybridized carbons (Fsp3) is 0.429. The molecule has 0 N–H and O–H groups in total. The Morgan fingerprint density at radius 3 is 2.41 bits per heavy atom. The maximum atomic E-state index is 12.8. The highest BCUT2D eigenvalue weighted by molar-refractivity contribution is 8.00. The lowest BCUT2D eigenvalue weighted by atomic mass is 10.2. The van der Waals surface area contributed by atoms with E-state index in [2.05, 4.69) is 19.8 Å². The van der Waals surface area contributed by atoms with E-state index in [0.717, 1.165) is 56.4 Å². The quantitative estimate of drug-likeness (QED) is 0.533. The van der Waals surface area contributed by atoms with E-state index in [4.69, 9.17) is 0 Å². The number of anilines is 1. The number of hydrogen-bond acceptors (Lipinski definition) is 7. The van der Waals surface area contributed by atoms with Crippen molar-refractivity contribution in [3.8, 4) is 0 Å². The number of benzene rings is 1. The number of imide groups is 1. The molecule has 1 fully saturated rings. The molecule has 2 aliphatic rings. The molecular weight excluding hydrogens is 386 g/mol. The van der Waals surface area contributed by atoms with Gasteiger partial charge in [0.05, 0.1) is 11.3 Å². The van der Waals surface area contributed by atoms with E-state index in [0.29, 0.717) is 17.9 Å². The van der Waals surface area contributed by atoms with E-state index < -0.39 is 0 Å². The fourth-order valence-corrected chi connectivity index (χ4v) is 4.62. The summed E-state index contributed by atoms with van der Waals surface area (Å²) in [5, 5.41) is 0. The van der Waals surface area contributed by atoms with Crippen molar-refractivity contribution >= 4 is 29.5 Å². The zero-order valence-corrected chi connectivity index (χ0v) is 17.2. The van der Waals surface area contributed by atoms with Gasteiger partial charge in [-0.25, -0.2) is 9.97 Å². The van der Waals surface area contributed by atoms with Crippen molar-refractivity contribution < 1.29 is 9.59 Å². The largest absolute Gasteiger partial charge is 0.338 e. The molecule has 1 aromatic heterocycles. The Morgan fingerprint density at radius 2 is 1.62 bits per heavy atom. The summed E-state index contributed by atoms with van der Waals surface area (Å²) in [5.41, 5.74) is 0.641. The van der Waals surface area contributed by atoms with Crippen molar-refractivity contribution in [2.45, 2.75) is 17.7 Å². The minimum Gasteiger partial charge on any atom is -0.338 e. The Bertz CT molecular complexity index is 855. The maximum Gasteiger partial charge on any atom is 0.261 e. The molecule has 4 rings (SSSR count). The van der Waals surface area contributed by atoms with Crippen LogP contribution in [0.2, 0.25) is 0 Å². The smallest absolute Gasteiger partial charge is 0.261 e. The molecule has 8 heteroatoms. The van der Waals surface area contributed by atoms with Crippen LogP contribution in [-0.2, 0) is 4.79 Å². The summed E-state index contributed by atoms with van der Waals surface area (Å²) in [4.78, 5) is 40.8. The van der Waals surface area contributed by atoms with Crippen LogP contribution in [0, 0.1) is 0 Å². The molecule has 0 spiro atoms. The van der Waals surface area contributed by atoms with Crippen molar-refractivity contribution in [3.05, 3.63) is 48.3 Å². The maximum absolute atomic E-state index is 12.8. The molecular formula is C21H25N5O2S. The van der Waals surface area contributed by atoms with Crippen LogP contribution in [0.4, 0.5) is 5.95 Å². The molecule has 2 amide bonds. The van der Waals surface area contributed by atoms with Crippen LogP contribution in [0.15, 0.2) is 47.6 Å². The van der Waals surface area contributed by atoms with Gasteiger partial charge in [-0.15, -0.1) is 11.8 Å². The molecule has 3 heterocycles. The van der Waals surface area contributed by atoms with Gasteiger partial charge in [0.1, 0.15) is 0 Å². The number of rotatable bonds is 6. The van der Waals surface area contributed by atoms with Gasteiger partial charge in [0, 0.05) is 50.0 Å².